The van der Waals surface area contributed by atoms with E-state index in [2.05, 4.69) is 10.3 Å². The number of benzene rings is 1. The van der Waals surface area contributed by atoms with E-state index in [1.54, 1.807) is 6.07 Å². The molecule has 1 aromatic heterocycles. The second kappa shape index (κ2) is 5.90. The molecule has 8 heteroatoms. The average Bonchev–Trinajstić information content (AvgIpc) is 2.83. The molecule has 1 amide bonds. The number of thioether (sulfide) groups is 1. The van der Waals surface area contributed by atoms with Gasteiger partial charge in [0.25, 0.3) is 0 Å². The van der Waals surface area contributed by atoms with Crippen molar-refractivity contribution in [3.05, 3.63) is 12.1 Å². The SMILES string of the molecule is CC(=O)SCC(=O)Nc1nc2cc3c(cc2s1)OCCO3. The molecule has 0 bridgehead atoms. The summed E-state index contributed by atoms with van der Waals surface area (Å²) >= 11 is 2.33. The Bertz CT molecular complexity index is 671. The summed E-state index contributed by atoms with van der Waals surface area (Å²) in [7, 11) is 0. The molecule has 0 aliphatic carbocycles. The molecule has 110 valence electrons. The van der Waals surface area contributed by atoms with E-state index in [1.165, 1.54) is 18.3 Å². The van der Waals surface area contributed by atoms with Gasteiger partial charge in [-0.25, -0.2) is 4.98 Å². The summed E-state index contributed by atoms with van der Waals surface area (Å²) in [5.74, 6) is 1.21. The highest BCUT2D eigenvalue weighted by atomic mass is 32.2. The second-order valence-corrected chi connectivity index (χ2v) is 6.49. The summed E-state index contributed by atoms with van der Waals surface area (Å²) in [6, 6.07) is 3.67. The fraction of sp³-hybridized carbons (Fsp3) is 0.308. The number of carbonyl (C=O) groups is 2. The van der Waals surface area contributed by atoms with Crippen molar-refractivity contribution in [1.82, 2.24) is 4.98 Å². The van der Waals surface area contributed by atoms with Crippen molar-refractivity contribution < 1.29 is 19.1 Å². The molecule has 6 nitrogen and oxygen atoms in total. The minimum atomic E-state index is -0.244. The largest absolute Gasteiger partial charge is 0.486 e. The molecular formula is C13H12N2O4S2. The van der Waals surface area contributed by atoms with Crippen molar-refractivity contribution in [3.8, 4) is 11.5 Å². The number of fused-ring (bicyclic) bond motifs is 2. The molecule has 0 saturated carbocycles. The van der Waals surface area contributed by atoms with Crippen LogP contribution in [0.25, 0.3) is 10.2 Å². The van der Waals surface area contributed by atoms with Gasteiger partial charge < -0.3 is 14.8 Å². The number of hydrogen-bond donors (Lipinski definition) is 1. The van der Waals surface area contributed by atoms with E-state index in [1.807, 2.05) is 6.07 Å². The van der Waals surface area contributed by atoms with Crippen LogP contribution in [0.5, 0.6) is 11.5 Å². The number of thiazole rings is 1. The Hall–Kier alpha value is -1.80. The Morgan fingerprint density at radius 2 is 2.05 bits per heavy atom. The fourth-order valence-corrected chi connectivity index (χ4v) is 3.14. The molecule has 0 fully saturated rings. The smallest absolute Gasteiger partial charge is 0.236 e. The minimum absolute atomic E-state index is 0.0866. The van der Waals surface area contributed by atoms with E-state index >= 15 is 0 Å². The lowest BCUT2D eigenvalue weighted by Gasteiger charge is -2.17. The Morgan fingerprint density at radius 1 is 1.33 bits per heavy atom. The number of nitrogens with zero attached hydrogens (tertiary/aromatic N) is 1. The maximum atomic E-state index is 11.7. The number of amides is 1. The van der Waals surface area contributed by atoms with Gasteiger partial charge in [0.2, 0.25) is 5.91 Å². The van der Waals surface area contributed by atoms with Gasteiger partial charge in [0, 0.05) is 19.1 Å². The Morgan fingerprint density at radius 3 is 2.76 bits per heavy atom. The van der Waals surface area contributed by atoms with E-state index in [0.717, 1.165) is 22.0 Å². The highest BCUT2D eigenvalue weighted by Crippen LogP contribution is 2.37. The Balaban J connectivity index is 1.78. The number of hydrogen-bond acceptors (Lipinski definition) is 7. The predicted octanol–water partition coefficient (Wildman–Crippen LogP) is 2.29. The van der Waals surface area contributed by atoms with E-state index in [4.69, 9.17) is 9.47 Å². The topological polar surface area (TPSA) is 77.5 Å². The van der Waals surface area contributed by atoms with E-state index in [0.29, 0.717) is 29.8 Å². The maximum Gasteiger partial charge on any atom is 0.236 e. The summed E-state index contributed by atoms with van der Waals surface area (Å²) in [6.07, 6.45) is 0. The average molecular weight is 324 g/mol. The van der Waals surface area contributed by atoms with E-state index < -0.39 is 0 Å². The number of rotatable bonds is 3. The molecule has 3 rings (SSSR count). The molecule has 1 aromatic carbocycles. The van der Waals surface area contributed by atoms with Crippen molar-refractivity contribution in [3.63, 3.8) is 0 Å². The predicted molar refractivity (Wildman–Crippen MR) is 82.4 cm³/mol. The van der Waals surface area contributed by atoms with Crippen LogP contribution in [0, 0.1) is 0 Å². The van der Waals surface area contributed by atoms with Gasteiger partial charge in [0.1, 0.15) is 13.2 Å². The van der Waals surface area contributed by atoms with Crippen LogP contribution < -0.4 is 14.8 Å². The summed E-state index contributed by atoms with van der Waals surface area (Å²) < 4.78 is 11.9. The lowest BCUT2D eigenvalue weighted by atomic mass is 10.3. The molecule has 0 saturated heterocycles. The van der Waals surface area contributed by atoms with E-state index in [9.17, 15) is 9.59 Å². The molecule has 2 heterocycles. The van der Waals surface area contributed by atoms with Gasteiger partial charge in [-0.15, -0.1) is 0 Å². The third kappa shape index (κ3) is 3.27. The van der Waals surface area contributed by atoms with Crippen molar-refractivity contribution in [1.29, 1.82) is 0 Å². The molecule has 0 unspecified atom stereocenters. The van der Waals surface area contributed by atoms with Crippen LogP contribution in [0.2, 0.25) is 0 Å². The number of ether oxygens (including phenoxy) is 2. The van der Waals surface area contributed by atoms with Crippen molar-refractivity contribution in [2.45, 2.75) is 6.92 Å². The van der Waals surface area contributed by atoms with Crippen LogP contribution in [0.4, 0.5) is 5.13 Å². The lowest BCUT2D eigenvalue weighted by Crippen LogP contribution is -2.15. The summed E-state index contributed by atoms with van der Waals surface area (Å²) in [5, 5.41) is 3.11. The van der Waals surface area contributed by atoms with Gasteiger partial charge >= 0.3 is 0 Å². The second-order valence-electron chi connectivity index (χ2n) is 4.31. The molecule has 2 aromatic rings. The van der Waals surface area contributed by atoms with Crippen LogP contribution >= 0.6 is 23.1 Å². The highest BCUT2D eigenvalue weighted by molar-refractivity contribution is 8.14. The minimum Gasteiger partial charge on any atom is -0.486 e. The zero-order valence-electron chi connectivity index (χ0n) is 11.2. The third-order valence-electron chi connectivity index (χ3n) is 2.71. The zero-order valence-corrected chi connectivity index (χ0v) is 12.8. The quantitative estimate of drug-likeness (QED) is 0.933. The number of anilines is 1. The maximum absolute atomic E-state index is 11.7. The highest BCUT2D eigenvalue weighted by Gasteiger charge is 2.16. The van der Waals surface area contributed by atoms with Crippen LogP contribution in [-0.4, -0.2) is 35.0 Å². The monoisotopic (exact) mass is 324 g/mol. The fourth-order valence-electron chi connectivity index (χ4n) is 1.84. The lowest BCUT2D eigenvalue weighted by molar-refractivity contribution is -0.114. The van der Waals surface area contributed by atoms with Crippen LogP contribution in [0.15, 0.2) is 12.1 Å². The van der Waals surface area contributed by atoms with Crippen LogP contribution in [-0.2, 0) is 9.59 Å². The number of aromatic nitrogens is 1. The van der Waals surface area contributed by atoms with Gasteiger partial charge in [-0.2, -0.15) is 0 Å². The Labute approximate surface area is 128 Å². The van der Waals surface area contributed by atoms with Crippen molar-refractivity contribution in [2.24, 2.45) is 0 Å². The molecule has 1 aliphatic rings. The van der Waals surface area contributed by atoms with Crippen molar-refractivity contribution in [2.75, 3.05) is 24.3 Å². The first kappa shape index (κ1) is 14.2. The molecular weight excluding hydrogens is 312 g/mol. The van der Waals surface area contributed by atoms with Gasteiger partial charge in [0.05, 0.1) is 16.0 Å². The van der Waals surface area contributed by atoms with Crippen molar-refractivity contribution >= 4 is 49.5 Å². The summed E-state index contributed by atoms with van der Waals surface area (Å²) in [6.45, 7) is 2.48. The zero-order chi connectivity index (χ0) is 14.8. The Kier molecular flexibility index (Phi) is 3.98. The van der Waals surface area contributed by atoms with Crippen LogP contribution in [0.1, 0.15) is 6.92 Å². The number of nitrogens with one attached hydrogen (secondary N) is 1. The summed E-state index contributed by atoms with van der Waals surface area (Å²) in [5.41, 5.74) is 0.749. The van der Waals surface area contributed by atoms with Gasteiger partial charge in [-0.05, 0) is 0 Å². The normalized spacial score (nSPS) is 13.2. The molecule has 0 radical (unpaired) electrons. The van der Waals surface area contributed by atoms with Gasteiger partial charge in [-0.1, -0.05) is 23.1 Å². The molecule has 1 N–H and O–H groups in total. The first-order valence-corrected chi connectivity index (χ1v) is 8.05. The first-order chi connectivity index (χ1) is 10.1. The molecule has 21 heavy (non-hydrogen) atoms. The molecule has 0 atom stereocenters. The van der Waals surface area contributed by atoms with E-state index in [-0.39, 0.29) is 16.8 Å². The summed E-state index contributed by atoms with van der Waals surface area (Å²) in [4.78, 5) is 26.9. The third-order valence-corrected chi connectivity index (χ3v) is 4.45. The standard InChI is InChI=1S/C13H12N2O4S2/c1-7(16)20-6-12(17)15-13-14-8-4-9-10(5-11(8)21-13)19-3-2-18-9/h4-5H,2-3,6H2,1H3,(H,14,15,17). The van der Waals surface area contributed by atoms with Gasteiger partial charge in [0.15, 0.2) is 21.7 Å². The van der Waals surface area contributed by atoms with Gasteiger partial charge in [-0.3, -0.25) is 9.59 Å². The first-order valence-electron chi connectivity index (χ1n) is 6.25. The molecule has 0 spiro atoms. The van der Waals surface area contributed by atoms with Crippen LogP contribution in [0.3, 0.4) is 0 Å². The molecule has 1 aliphatic heterocycles. The number of carbonyl (C=O) groups excluding carboxylic acids is 2.